The van der Waals surface area contributed by atoms with E-state index in [1.54, 1.807) is 22.7 Å². The van der Waals surface area contributed by atoms with Crippen molar-refractivity contribution in [3.8, 4) is 0 Å². The number of halogens is 2. The highest BCUT2D eigenvalue weighted by molar-refractivity contribution is 9.11. The number of hydrogen-bond acceptors (Lipinski definition) is 3. The van der Waals surface area contributed by atoms with Gasteiger partial charge in [-0.1, -0.05) is 31.9 Å². The predicted molar refractivity (Wildman–Crippen MR) is 87.6 cm³/mol. The Kier molecular flexibility index (Phi) is 3.60. The Morgan fingerprint density at radius 1 is 1.06 bits per heavy atom. The molecule has 18 heavy (non-hydrogen) atoms. The van der Waals surface area contributed by atoms with Crippen LogP contribution in [0.15, 0.2) is 44.7 Å². The van der Waals surface area contributed by atoms with Gasteiger partial charge in [-0.25, -0.2) is 0 Å². The first kappa shape index (κ1) is 12.8. The second-order valence-corrected chi connectivity index (χ2v) is 7.77. The van der Waals surface area contributed by atoms with Crippen molar-refractivity contribution in [3.05, 3.63) is 55.1 Å². The maximum absolute atomic E-state index is 6.37. The average Bonchev–Trinajstić information content (AvgIpc) is 2.91. The summed E-state index contributed by atoms with van der Waals surface area (Å²) in [5.41, 5.74) is 7.48. The molecular formula is C13H9Br2NS2. The molecule has 0 saturated heterocycles. The summed E-state index contributed by atoms with van der Waals surface area (Å²) < 4.78 is 4.73. The minimum absolute atomic E-state index is 0.0820. The van der Waals surface area contributed by atoms with Gasteiger partial charge < -0.3 is 5.73 Å². The molecule has 2 aromatic heterocycles. The fourth-order valence-electron chi connectivity index (χ4n) is 1.84. The molecule has 0 bridgehead atoms. The standard InChI is InChI=1S/C13H9Br2NS2/c14-7-1-2-9(15)8(5-7)13(16)12-6-11-10(18-12)3-4-17-11/h1-6,13H,16H2. The number of fused-ring (bicyclic) bond motifs is 1. The summed E-state index contributed by atoms with van der Waals surface area (Å²) in [6, 6.07) is 10.4. The van der Waals surface area contributed by atoms with Crippen LogP contribution < -0.4 is 5.73 Å². The molecule has 0 saturated carbocycles. The van der Waals surface area contributed by atoms with Crippen LogP contribution in [0.4, 0.5) is 0 Å². The van der Waals surface area contributed by atoms with E-state index >= 15 is 0 Å². The molecule has 0 aliphatic heterocycles. The molecule has 2 heterocycles. The molecule has 0 spiro atoms. The number of nitrogens with two attached hydrogens (primary N) is 1. The quantitative estimate of drug-likeness (QED) is 0.598. The van der Waals surface area contributed by atoms with Gasteiger partial charge in [0, 0.05) is 23.2 Å². The van der Waals surface area contributed by atoms with Crippen molar-refractivity contribution in [2.45, 2.75) is 6.04 Å². The van der Waals surface area contributed by atoms with Crippen LogP contribution >= 0.6 is 54.5 Å². The predicted octanol–water partition coefficient (Wildman–Crippen LogP) is 5.54. The molecule has 0 amide bonds. The normalized spacial score (nSPS) is 13.1. The summed E-state index contributed by atoms with van der Waals surface area (Å²) in [7, 11) is 0. The molecule has 1 unspecified atom stereocenters. The van der Waals surface area contributed by atoms with Crippen molar-refractivity contribution in [2.75, 3.05) is 0 Å². The molecule has 0 radical (unpaired) electrons. The first-order valence-electron chi connectivity index (χ1n) is 5.32. The Morgan fingerprint density at radius 2 is 1.89 bits per heavy atom. The summed E-state index contributed by atoms with van der Waals surface area (Å²) in [6.07, 6.45) is 0. The summed E-state index contributed by atoms with van der Waals surface area (Å²) in [5, 5.41) is 2.12. The Bertz CT molecular complexity index is 673. The zero-order valence-electron chi connectivity index (χ0n) is 9.19. The minimum atomic E-state index is -0.0820. The highest BCUT2D eigenvalue weighted by Gasteiger charge is 2.15. The third kappa shape index (κ3) is 2.30. The Labute approximate surface area is 130 Å². The van der Waals surface area contributed by atoms with Crippen LogP contribution in [0.25, 0.3) is 9.40 Å². The van der Waals surface area contributed by atoms with Crippen molar-refractivity contribution < 1.29 is 0 Å². The molecule has 1 atom stereocenters. The van der Waals surface area contributed by atoms with E-state index < -0.39 is 0 Å². The lowest BCUT2D eigenvalue weighted by Crippen LogP contribution is -2.10. The van der Waals surface area contributed by atoms with Gasteiger partial charge in [0.25, 0.3) is 0 Å². The van der Waals surface area contributed by atoms with E-state index in [1.165, 1.54) is 14.3 Å². The summed E-state index contributed by atoms with van der Waals surface area (Å²) in [5.74, 6) is 0. The molecule has 1 nitrogen and oxygen atoms in total. The SMILES string of the molecule is NC(c1cc2sccc2s1)c1cc(Br)ccc1Br. The summed E-state index contributed by atoms with van der Waals surface area (Å²) in [6.45, 7) is 0. The second kappa shape index (κ2) is 5.06. The van der Waals surface area contributed by atoms with Gasteiger partial charge in [-0.05, 0) is 41.3 Å². The molecule has 5 heteroatoms. The number of thiophene rings is 2. The van der Waals surface area contributed by atoms with Crippen LogP contribution in [0.5, 0.6) is 0 Å². The van der Waals surface area contributed by atoms with Crippen LogP contribution in [0.3, 0.4) is 0 Å². The third-order valence-electron chi connectivity index (χ3n) is 2.76. The van der Waals surface area contributed by atoms with Crippen molar-refractivity contribution >= 4 is 63.9 Å². The fraction of sp³-hybridized carbons (Fsp3) is 0.0769. The van der Waals surface area contributed by atoms with E-state index in [9.17, 15) is 0 Å². The van der Waals surface area contributed by atoms with Gasteiger partial charge in [-0.2, -0.15) is 0 Å². The lowest BCUT2D eigenvalue weighted by molar-refractivity contribution is 0.887. The first-order chi connectivity index (χ1) is 8.65. The molecular weight excluding hydrogens is 394 g/mol. The van der Waals surface area contributed by atoms with Crippen molar-refractivity contribution in [1.82, 2.24) is 0 Å². The van der Waals surface area contributed by atoms with Crippen LogP contribution in [-0.2, 0) is 0 Å². The zero-order chi connectivity index (χ0) is 12.7. The van der Waals surface area contributed by atoms with E-state index in [-0.39, 0.29) is 6.04 Å². The second-order valence-electron chi connectivity index (χ2n) is 3.94. The maximum atomic E-state index is 6.37. The first-order valence-corrected chi connectivity index (χ1v) is 8.61. The van der Waals surface area contributed by atoms with Crippen LogP contribution in [0.1, 0.15) is 16.5 Å². The number of benzene rings is 1. The zero-order valence-corrected chi connectivity index (χ0v) is 14.0. The summed E-state index contributed by atoms with van der Waals surface area (Å²) in [4.78, 5) is 1.20. The van der Waals surface area contributed by atoms with E-state index in [0.717, 1.165) is 14.5 Å². The largest absolute Gasteiger partial charge is 0.320 e. The maximum Gasteiger partial charge on any atom is 0.0658 e. The van der Waals surface area contributed by atoms with Gasteiger partial charge >= 0.3 is 0 Å². The van der Waals surface area contributed by atoms with Gasteiger partial charge in [-0.15, -0.1) is 22.7 Å². The molecule has 3 rings (SSSR count). The van der Waals surface area contributed by atoms with Gasteiger partial charge in [0.15, 0.2) is 0 Å². The topological polar surface area (TPSA) is 26.0 Å². The molecule has 3 aromatic rings. The Morgan fingerprint density at radius 3 is 2.67 bits per heavy atom. The monoisotopic (exact) mass is 401 g/mol. The molecule has 0 aliphatic rings. The van der Waals surface area contributed by atoms with Gasteiger partial charge in [-0.3, -0.25) is 0 Å². The van der Waals surface area contributed by atoms with E-state index in [4.69, 9.17) is 5.73 Å². The highest BCUT2D eigenvalue weighted by atomic mass is 79.9. The number of rotatable bonds is 2. The van der Waals surface area contributed by atoms with E-state index in [2.05, 4.69) is 55.4 Å². The molecule has 0 fully saturated rings. The van der Waals surface area contributed by atoms with Crippen molar-refractivity contribution in [3.63, 3.8) is 0 Å². The van der Waals surface area contributed by atoms with Crippen LogP contribution in [0, 0.1) is 0 Å². The summed E-state index contributed by atoms with van der Waals surface area (Å²) >= 11 is 10.6. The van der Waals surface area contributed by atoms with Gasteiger partial charge in [0.2, 0.25) is 0 Å². The lowest BCUT2D eigenvalue weighted by atomic mass is 10.1. The number of hydrogen-bond donors (Lipinski definition) is 1. The molecule has 92 valence electrons. The molecule has 1 aromatic carbocycles. The minimum Gasteiger partial charge on any atom is -0.320 e. The van der Waals surface area contributed by atoms with Crippen LogP contribution in [-0.4, -0.2) is 0 Å². The van der Waals surface area contributed by atoms with E-state index in [1.807, 2.05) is 12.1 Å². The Balaban J connectivity index is 2.05. The average molecular weight is 403 g/mol. The van der Waals surface area contributed by atoms with Crippen LogP contribution in [0.2, 0.25) is 0 Å². The fourth-order valence-corrected chi connectivity index (χ4v) is 4.86. The molecule has 2 N–H and O–H groups in total. The van der Waals surface area contributed by atoms with Gasteiger partial charge in [0.1, 0.15) is 0 Å². The Hall–Kier alpha value is -0.200. The van der Waals surface area contributed by atoms with Crippen molar-refractivity contribution in [1.29, 1.82) is 0 Å². The third-order valence-corrected chi connectivity index (χ3v) is 6.15. The molecule has 0 aliphatic carbocycles. The van der Waals surface area contributed by atoms with Crippen molar-refractivity contribution in [2.24, 2.45) is 5.73 Å². The highest BCUT2D eigenvalue weighted by Crippen LogP contribution is 2.37. The lowest BCUT2D eigenvalue weighted by Gasteiger charge is -2.12. The van der Waals surface area contributed by atoms with E-state index in [0.29, 0.717) is 0 Å². The van der Waals surface area contributed by atoms with Gasteiger partial charge in [0.05, 0.1) is 6.04 Å². The smallest absolute Gasteiger partial charge is 0.0658 e.